The van der Waals surface area contributed by atoms with E-state index in [1.165, 1.54) is 15.9 Å². The number of aryl methyl sites for hydroxylation is 3. The molecule has 7 heteroatoms. The molecule has 182 valence electrons. The Bertz CT molecular complexity index is 1560. The maximum Gasteiger partial charge on any atom is 0.277 e. The highest BCUT2D eigenvalue weighted by atomic mass is 16.9. The Kier molecular flexibility index (Phi) is 5.35. The number of amides is 1. The van der Waals surface area contributed by atoms with E-state index in [-0.39, 0.29) is 11.7 Å². The van der Waals surface area contributed by atoms with Crippen molar-refractivity contribution in [1.82, 2.24) is 5.28 Å². The first-order chi connectivity index (χ1) is 17.9. The Morgan fingerprint density at radius 3 is 1.95 bits per heavy atom. The standard InChI is InChI=1S/C30H24N4O3/c1-19-17-20(2)27(21(3)18-19)29-31-37-34-32(29)25-11-7-8-12-26(25)33(34)30(36)24-15-13-23(14-16-24)28(35)22-9-5-4-6-10-22/h4-18H,1-3H3. The maximum atomic E-state index is 13.8. The van der Waals surface area contributed by atoms with Gasteiger partial charge in [-0.3, -0.25) is 14.5 Å². The van der Waals surface area contributed by atoms with Gasteiger partial charge >= 0.3 is 0 Å². The number of ketones is 1. The smallest absolute Gasteiger partial charge is 0.277 e. The molecule has 6 rings (SSSR count). The van der Waals surface area contributed by atoms with Gasteiger partial charge in [-0.1, -0.05) is 72.3 Å². The highest BCUT2D eigenvalue weighted by Crippen LogP contribution is 2.43. The zero-order chi connectivity index (χ0) is 25.7. The molecule has 7 nitrogen and oxygen atoms in total. The van der Waals surface area contributed by atoms with Gasteiger partial charge in [0.2, 0.25) is 5.84 Å². The topological polar surface area (TPSA) is 65.5 Å². The first-order valence-corrected chi connectivity index (χ1v) is 12.0. The van der Waals surface area contributed by atoms with E-state index in [0.717, 1.165) is 22.4 Å². The van der Waals surface area contributed by atoms with Crippen LogP contribution in [-0.2, 0) is 4.94 Å². The number of hydrogen-bond donors (Lipinski definition) is 0. The van der Waals surface area contributed by atoms with Crippen molar-refractivity contribution in [1.29, 1.82) is 0 Å². The number of fused-ring (bicyclic) bond motifs is 3. The van der Waals surface area contributed by atoms with Gasteiger partial charge in [0, 0.05) is 22.3 Å². The van der Waals surface area contributed by atoms with E-state index >= 15 is 0 Å². The van der Waals surface area contributed by atoms with Crippen molar-refractivity contribution in [3.63, 3.8) is 0 Å². The number of oxime groups is 1. The highest BCUT2D eigenvalue weighted by molar-refractivity contribution is 6.18. The van der Waals surface area contributed by atoms with Crippen LogP contribution in [0.1, 0.15) is 48.5 Å². The van der Waals surface area contributed by atoms with Crippen LogP contribution >= 0.6 is 0 Å². The van der Waals surface area contributed by atoms with E-state index in [9.17, 15) is 9.59 Å². The number of rotatable bonds is 4. The van der Waals surface area contributed by atoms with Gasteiger partial charge in [0.05, 0.1) is 16.7 Å². The third-order valence-corrected chi connectivity index (χ3v) is 6.60. The summed E-state index contributed by atoms with van der Waals surface area (Å²) >= 11 is 0. The summed E-state index contributed by atoms with van der Waals surface area (Å²) in [4.78, 5) is 32.3. The summed E-state index contributed by atoms with van der Waals surface area (Å²) in [5.41, 5.74) is 7.26. The summed E-state index contributed by atoms with van der Waals surface area (Å²) in [5, 5.41) is 9.01. The predicted molar refractivity (Wildman–Crippen MR) is 142 cm³/mol. The van der Waals surface area contributed by atoms with Crippen molar-refractivity contribution in [3.05, 3.63) is 130 Å². The third kappa shape index (κ3) is 3.68. The van der Waals surface area contributed by atoms with Crippen LogP contribution < -0.4 is 10.0 Å². The lowest BCUT2D eigenvalue weighted by Crippen LogP contribution is -2.49. The predicted octanol–water partition coefficient (Wildman–Crippen LogP) is 5.75. The Labute approximate surface area is 214 Å². The molecule has 1 amide bonds. The number of anilines is 2. The lowest BCUT2D eigenvalue weighted by molar-refractivity contribution is -0.135. The molecule has 0 saturated carbocycles. The largest absolute Gasteiger partial charge is 0.289 e. The highest BCUT2D eigenvalue weighted by Gasteiger charge is 2.47. The number of hydrazine groups is 2. The first kappa shape index (κ1) is 22.7. The Morgan fingerprint density at radius 1 is 0.703 bits per heavy atom. The van der Waals surface area contributed by atoms with Crippen molar-refractivity contribution in [2.24, 2.45) is 5.16 Å². The second kappa shape index (κ2) is 8.72. The second-order valence-corrected chi connectivity index (χ2v) is 9.21. The molecule has 0 radical (unpaired) electrons. The average molecular weight is 489 g/mol. The zero-order valence-corrected chi connectivity index (χ0v) is 20.7. The van der Waals surface area contributed by atoms with Gasteiger partial charge in [-0.15, -0.1) is 0 Å². The van der Waals surface area contributed by atoms with Gasteiger partial charge in [-0.05, 0) is 61.3 Å². The van der Waals surface area contributed by atoms with Gasteiger partial charge in [0.1, 0.15) is 0 Å². The third-order valence-electron chi connectivity index (χ3n) is 6.60. The zero-order valence-electron chi connectivity index (χ0n) is 20.7. The SMILES string of the molecule is Cc1cc(C)c(C2=NON3N(C(=O)c4ccc(C(=O)c5ccccc5)cc4)c4ccccc4N23)c(C)c1. The fourth-order valence-corrected chi connectivity index (χ4v) is 4.99. The van der Waals surface area contributed by atoms with Crippen molar-refractivity contribution >= 4 is 28.9 Å². The van der Waals surface area contributed by atoms with Gasteiger partial charge in [0.25, 0.3) is 5.91 Å². The first-order valence-electron chi connectivity index (χ1n) is 12.0. The Balaban J connectivity index is 1.34. The molecular weight excluding hydrogens is 464 g/mol. The number of carbonyl (C=O) groups is 2. The van der Waals surface area contributed by atoms with Crippen molar-refractivity contribution < 1.29 is 14.5 Å². The van der Waals surface area contributed by atoms with E-state index in [1.807, 2.05) is 61.3 Å². The summed E-state index contributed by atoms with van der Waals surface area (Å²) in [5.74, 6) is 0.214. The monoisotopic (exact) mass is 488 g/mol. The van der Waals surface area contributed by atoms with Gasteiger partial charge < -0.3 is 0 Å². The minimum atomic E-state index is -0.303. The van der Waals surface area contributed by atoms with E-state index < -0.39 is 0 Å². The molecule has 2 aliphatic rings. The van der Waals surface area contributed by atoms with E-state index in [4.69, 9.17) is 4.94 Å². The number of para-hydroxylation sites is 2. The molecule has 2 heterocycles. The summed E-state index contributed by atoms with van der Waals surface area (Å²) in [6.45, 7) is 6.15. The molecule has 37 heavy (non-hydrogen) atoms. The minimum absolute atomic E-state index is 0.0953. The van der Waals surface area contributed by atoms with Crippen LogP contribution in [0.5, 0.6) is 0 Å². The van der Waals surface area contributed by atoms with E-state index in [2.05, 4.69) is 24.2 Å². The molecule has 0 fully saturated rings. The fraction of sp³-hybridized carbons (Fsp3) is 0.100. The summed E-state index contributed by atoms with van der Waals surface area (Å²) in [6.07, 6.45) is 0. The minimum Gasteiger partial charge on any atom is -0.289 e. The number of amidine groups is 1. The molecule has 0 aliphatic carbocycles. The summed E-state index contributed by atoms with van der Waals surface area (Å²) < 4.78 is 0. The van der Waals surface area contributed by atoms with Crippen LogP contribution in [0.25, 0.3) is 0 Å². The lowest BCUT2D eigenvalue weighted by Gasteiger charge is -2.25. The van der Waals surface area contributed by atoms with Crippen LogP contribution in [0.2, 0.25) is 0 Å². The van der Waals surface area contributed by atoms with E-state index in [0.29, 0.717) is 28.2 Å². The number of nitrogens with zero attached hydrogens (tertiary/aromatic N) is 4. The van der Waals surface area contributed by atoms with Gasteiger partial charge in [-0.25, -0.2) is 0 Å². The second-order valence-electron chi connectivity index (χ2n) is 9.21. The van der Waals surface area contributed by atoms with Crippen LogP contribution in [0.4, 0.5) is 11.4 Å². The molecule has 2 aliphatic heterocycles. The molecule has 0 saturated heterocycles. The molecule has 4 aromatic rings. The van der Waals surface area contributed by atoms with Crippen LogP contribution in [0.3, 0.4) is 0 Å². The molecule has 0 N–H and O–H groups in total. The van der Waals surface area contributed by atoms with Crippen molar-refractivity contribution in [2.45, 2.75) is 20.8 Å². The number of hydrogen-bond acceptors (Lipinski definition) is 6. The van der Waals surface area contributed by atoms with Crippen molar-refractivity contribution in [3.8, 4) is 0 Å². The molecule has 0 aromatic heterocycles. The molecular formula is C30H24N4O3. The van der Waals surface area contributed by atoms with Gasteiger partial charge in [0.15, 0.2) is 5.78 Å². The molecule has 0 spiro atoms. The molecule has 0 bridgehead atoms. The fourth-order valence-electron chi connectivity index (χ4n) is 4.99. The summed E-state index contributed by atoms with van der Waals surface area (Å²) in [6, 6.07) is 27.6. The normalized spacial score (nSPS) is 14.2. The van der Waals surface area contributed by atoms with Crippen molar-refractivity contribution in [2.75, 3.05) is 10.0 Å². The van der Waals surface area contributed by atoms with Crippen LogP contribution in [0, 0.1) is 20.8 Å². The Hall–Kier alpha value is -4.75. The number of benzene rings is 4. The molecule has 4 aromatic carbocycles. The van der Waals surface area contributed by atoms with Gasteiger partial charge in [-0.2, -0.15) is 10.0 Å². The van der Waals surface area contributed by atoms with Crippen LogP contribution in [0.15, 0.2) is 96.2 Å². The Morgan fingerprint density at radius 2 is 1.27 bits per heavy atom. The van der Waals surface area contributed by atoms with E-state index in [1.54, 1.807) is 36.4 Å². The number of carbonyl (C=O) groups excluding carboxylic acids is 2. The lowest BCUT2D eigenvalue weighted by atomic mass is 9.98. The quantitative estimate of drug-likeness (QED) is 0.342. The molecule has 0 atom stereocenters. The van der Waals surface area contributed by atoms with Crippen LogP contribution in [-0.4, -0.2) is 22.8 Å². The molecule has 0 unspecified atom stereocenters. The maximum absolute atomic E-state index is 13.8. The summed E-state index contributed by atoms with van der Waals surface area (Å²) in [7, 11) is 0. The average Bonchev–Trinajstić information content (AvgIpc) is 3.46.